The molecule has 4 aromatic rings. The van der Waals surface area contributed by atoms with Crippen LogP contribution in [0.3, 0.4) is 0 Å². The van der Waals surface area contributed by atoms with E-state index in [1.807, 2.05) is 35.2 Å². The van der Waals surface area contributed by atoms with Crippen LogP contribution < -0.4 is 5.56 Å². The molecule has 2 aliphatic heterocycles. The van der Waals surface area contributed by atoms with Gasteiger partial charge in [0.05, 0.1) is 11.8 Å². The predicted molar refractivity (Wildman–Crippen MR) is 158 cm³/mol. The standard InChI is InChI=1S/C33H37N5O3/c1-24-7-5-8-26(19-24)20-36-18-14-33(41,28(22-36)27-9-3-2-4-10-27)32(40)37-16-12-25(13-17-37)21-38-23-35-29-11-6-15-34-30(29)31(38)39/h2-11,15,19,23,25,28,41H,12-14,16-18,20-22H2,1H3/t28-,33+/m0/s1. The molecule has 2 aromatic heterocycles. The van der Waals surface area contributed by atoms with Crippen molar-refractivity contribution in [3.63, 3.8) is 0 Å². The van der Waals surface area contributed by atoms with Crippen LogP contribution in [0.2, 0.25) is 0 Å². The molecule has 8 nitrogen and oxygen atoms in total. The van der Waals surface area contributed by atoms with Gasteiger partial charge in [0, 0.05) is 51.4 Å². The lowest BCUT2D eigenvalue weighted by molar-refractivity contribution is -0.161. The van der Waals surface area contributed by atoms with E-state index in [1.54, 1.807) is 29.2 Å². The number of pyridine rings is 1. The minimum atomic E-state index is -1.46. The second kappa shape index (κ2) is 11.5. The van der Waals surface area contributed by atoms with Gasteiger partial charge in [-0.2, -0.15) is 0 Å². The monoisotopic (exact) mass is 551 g/mol. The number of aliphatic hydroxyl groups is 1. The Labute approximate surface area is 240 Å². The summed E-state index contributed by atoms with van der Waals surface area (Å²) in [5, 5.41) is 12.1. The molecular weight excluding hydrogens is 514 g/mol. The summed E-state index contributed by atoms with van der Waals surface area (Å²) in [7, 11) is 0. The number of piperidine rings is 2. The number of benzene rings is 2. The van der Waals surface area contributed by atoms with Gasteiger partial charge in [0.15, 0.2) is 11.1 Å². The van der Waals surface area contributed by atoms with Gasteiger partial charge < -0.3 is 10.0 Å². The van der Waals surface area contributed by atoms with Crippen molar-refractivity contribution < 1.29 is 9.90 Å². The molecule has 4 heterocycles. The summed E-state index contributed by atoms with van der Waals surface area (Å²) < 4.78 is 1.64. The van der Waals surface area contributed by atoms with E-state index in [9.17, 15) is 14.7 Å². The fourth-order valence-corrected chi connectivity index (χ4v) is 6.52. The van der Waals surface area contributed by atoms with E-state index in [4.69, 9.17) is 0 Å². The molecular formula is C33H37N5O3. The lowest BCUT2D eigenvalue weighted by Gasteiger charge is -2.46. The zero-order valence-electron chi connectivity index (χ0n) is 23.5. The number of aromatic nitrogens is 3. The Balaban J connectivity index is 1.14. The number of amides is 1. The summed E-state index contributed by atoms with van der Waals surface area (Å²) in [4.78, 5) is 39.7. The van der Waals surface area contributed by atoms with Gasteiger partial charge in [0.25, 0.3) is 11.5 Å². The van der Waals surface area contributed by atoms with Gasteiger partial charge in [0.2, 0.25) is 0 Å². The van der Waals surface area contributed by atoms with Gasteiger partial charge in [-0.15, -0.1) is 0 Å². The van der Waals surface area contributed by atoms with E-state index >= 15 is 0 Å². The zero-order chi connectivity index (χ0) is 28.4. The number of fused-ring (bicyclic) bond motifs is 1. The van der Waals surface area contributed by atoms with Gasteiger partial charge in [-0.1, -0.05) is 60.2 Å². The number of likely N-dealkylation sites (tertiary alicyclic amines) is 2. The van der Waals surface area contributed by atoms with Crippen LogP contribution in [0.4, 0.5) is 0 Å². The Kier molecular flexibility index (Phi) is 7.69. The van der Waals surface area contributed by atoms with Crippen LogP contribution >= 0.6 is 0 Å². The van der Waals surface area contributed by atoms with Crippen molar-refractivity contribution in [3.05, 3.63) is 106 Å². The number of aryl methyl sites for hydroxylation is 1. The smallest absolute Gasteiger partial charge is 0.279 e. The van der Waals surface area contributed by atoms with Crippen LogP contribution in [0.5, 0.6) is 0 Å². The average Bonchev–Trinajstić information content (AvgIpc) is 3.00. The number of hydrogen-bond acceptors (Lipinski definition) is 6. The van der Waals surface area contributed by atoms with Crippen LogP contribution in [-0.2, 0) is 17.9 Å². The number of nitrogens with zero attached hydrogens (tertiary/aromatic N) is 5. The quantitative estimate of drug-likeness (QED) is 0.393. The van der Waals surface area contributed by atoms with Gasteiger partial charge in [-0.3, -0.25) is 19.1 Å². The third-order valence-electron chi connectivity index (χ3n) is 8.83. The van der Waals surface area contributed by atoms with Crippen molar-refractivity contribution >= 4 is 16.9 Å². The van der Waals surface area contributed by atoms with E-state index in [0.29, 0.717) is 50.2 Å². The maximum absolute atomic E-state index is 14.0. The van der Waals surface area contributed by atoms with Gasteiger partial charge in [-0.25, -0.2) is 9.97 Å². The largest absolute Gasteiger partial charge is 0.379 e. The van der Waals surface area contributed by atoms with Crippen LogP contribution in [0.25, 0.3) is 11.0 Å². The van der Waals surface area contributed by atoms with Crippen molar-refractivity contribution in [3.8, 4) is 0 Å². The topological polar surface area (TPSA) is 91.6 Å². The third kappa shape index (κ3) is 5.67. The van der Waals surface area contributed by atoms with Gasteiger partial charge >= 0.3 is 0 Å². The first kappa shape index (κ1) is 27.3. The van der Waals surface area contributed by atoms with Crippen molar-refractivity contribution in [2.75, 3.05) is 26.2 Å². The summed E-state index contributed by atoms with van der Waals surface area (Å²) in [6, 6.07) is 22.0. The molecule has 6 rings (SSSR count). The second-order valence-corrected chi connectivity index (χ2v) is 11.7. The van der Waals surface area contributed by atoms with E-state index in [1.165, 1.54) is 11.1 Å². The van der Waals surface area contributed by atoms with Crippen LogP contribution in [0, 0.1) is 12.8 Å². The normalized spacial score (nSPS) is 22.2. The number of carbonyl (C=O) groups excluding carboxylic acids is 1. The van der Waals surface area contributed by atoms with E-state index in [2.05, 4.69) is 46.1 Å². The maximum atomic E-state index is 14.0. The molecule has 1 amide bonds. The van der Waals surface area contributed by atoms with Crippen molar-refractivity contribution in [1.82, 2.24) is 24.3 Å². The molecule has 0 unspecified atom stereocenters. The Bertz CT molecular complexity index is 1580. The summed E-state index contributed by atoms with van der Waals surface area (Å²) in [6.07, 6.45) is 5.14. The zero-order valence-corrected chi connectivity index (χ0v) is 23.5. The lowest BCUT2D eigenvalue weighted by atomic mass is 9.75. The highest BCUT2D eigenvalue weighted by Gasteiger charge is 2.50. The van der Waals surface area contributed by atoms with Crippen LogP contribution in [0.15, 0.2) is 84.0 Å². The first-order valence-electron chi connectivity index (χ1n) is 14.6. The van der Waals surface area contributed by atoms with Crippen molar-refractivity contribution in [1.29, 1.82) is 0 Å². The molecule has 1 N–H and O–H groups in total. The highest BCUT2D eigenvalue weighted by atomic mass is 16.3. The molecule has 2 saturated heterocycles. The molecule has 2 aromatic carbocycles. The SMILES string of the molecule is Cc1cccc(CN2CC[C@](O)(C(=O)N3CCC(Cn4cnc5cccnc5c4=O)CC3)[C@H](c3ccccc3)C2)c1. The highest BCUT2D eigenvalue weighted by molar-refractivity contribution is 5.86. The number of carbonyl (C=O) groups is 1. The summed E-state index contributed by atoms with van der Waals surface area (Å²) in [5.74, 6) is -0.244. The molecule has 0 saturated carbocycles. The van der Waals surface area contributed by atoms with Crippen molar-refractivity contribution in [2.24, 2.45) is 5.92 Å². The molecule has 212 valence electrons. The number of rotatable bonds is 6. The second-order valence-electron chi connectivity index (χ2n) is 11.7. The van der Waals surface area contributed by atoms with Crippen LogP contribution in [0.1, 0.15) is 41.9 Å². The first-order chi connectivity index (χ1) is 19.9. The molecule has 0 radical (unpaired) electrons. The molecule has 0 spiro atoms. The van der Waals surface area contributed by atoms with E-state index in [0.717, 1.165) is 24.9 Å². The minimum Gasteiger partial charge on any atom is -0.379 e. The summed E-state index contributed by atoms with van der Waals surface area (Å²) >= 11 is 0. The fourth-order valence-electron chi connectivity index (χ4n) is 6.52. The molecule has 8 heteroatoms. The Morgan fingerprint density at radius 1 is 1.00 bits per heavy atom. The van der Waals surface area contributed by atoms with Crippen LogP contribution in [-0.4, -0.2) is 67.1 Å². The highest BCUT2D eigenvalue weighted by Crippen LogP contribution is 2.39. The van der Waals surface area contributed by atoms with Gasteiger partial charge in [0.1, 0.15) is 0 Å². The maximum Gasteiger partial charge on any atom is 0.279 e. The molecule has 0 bridgehead atoms. The number of hydrogen-bond donors (Lipinski definition) is 1. The Morgan fingerprint density at radius 3 is 2.59 bits per heavy atom. The molecule has 41 heavy (non-hydrogen) atoms. The molecule has 2 atom stereocenters. The summed E-state index contributed by atoms with van der Waals surface area (Å²) in [5.41, 5.74) is 2.85. The lowest BCUT2D eigenvalue weighted by Crippen LogP contribution is -2.60. The average molecular weight is 552 g/mol. The van der Waals surface area contributed by atoms with E-state index < -0.39 is 5.60 Å². The van der Waals surface area contributed by atoms with Gasteiger partial charge in [-0.05, 0) is 55.4 Å². The molecule has 2 fully saturated rings. The Hall–Kier alpha value is -3.88. The summed E-state index contributed by atoms with van der Waals surface area (Å²) in [6.45, 7) is 5.83. The minimum absolute atomic E-state index is 0.133. The fraction of sp³-hybridized carbons (Fsp3) is 0.394. The van der Waals surface area contributed by atoms with E-state index in [-0.39, 0.29) is 23.3 Å². The third-order valence-corrected chi connectivity index (χ3v) is 8.83. The molecule has 2 aliphatic rings. The Morgan fingerprint density at radius 2 is 1.80 bits per heavy atom. The van der Waals surface area contributed by atoms with Crippen molar-refractivity contribution in [2.45, 2.75) is 50.8 Å². The molecule has 0 aliphatic carbocycles. The predicted octanol–water partition coefficient (Wildman–Crippen LogP) is 3.76. The first-order valence-corrected chi connectivity index (χ1v) is 14.6.